The summed E-state index contributed by atoms with van der Waals surface area (Å²) in [5, 5.41) is 2.85. The van der Waals surface area contributed by atoms with Gasteiger partial charge < -0.3 is 20.2 Å². The molecule has 0 spiro atoms. The SMILES string of the molecule is CO[C@H](C(=O)Cc1ccc2nc(Nc3cc(F)ccc3CN)oc2c1F)N1CCCC1. The Morgan fingerprint density at radius 3 is 2.71 bits per heavy atom. The molecular formula is C22H24F2N4O3. The summed E-state index contributed by atoms with van der Waals surface area (Å²) in [6.45, 7) is 1.75. The van der Waals surface area contributed by atoms with Crippen LogP contribution in [0.15, 0.2) is 34.7 Å². The van der Waals surface area contributed by atoms with Crippen molar-refractivity contribution < 1.29 is 22.7 Å². The van der Waals surface area contributed by atoms with Gasteiger partial charge in [-0.1, -0.05) is 12.1 Å². The number of hydrogen-bond donors (Lipinski definition) is 2. The van der Waals surface area contributed by atoms with Gasteiger partial charge in [-0.15, -0.1) is 0 Å². The van der Waals surface area contributed by atoms with Crippen LogP contribution in [0.1, 0.15) is 24.0 Å². The number of nitrogens with one attached hydrogen (secondary N) is 1. The monoisotopic (exact) mass is 430 g/mol. The number of methoxy groups -OCH3 is 1. The lowest BCUT2D eigenvalue weighted by Crippen LogP contribution is -2.41. The normalized spacial score (nSPS) is 15.5. The van der Waals surface area contributed by atoms with E-state index in [0.29, 0.717) is 11.3 Å². The molecule has 3 aromatic rings. The molecule has 2 aromatic carbocycles. The molecule has 0 unspecified atom stereocenters. The van der Waals surface area contributed by atoms with Crippen molar-refractivity contribution in [3.05, 3.63) is 53.1 Å². The summed E-state index contributed by atoms with van der Waals surface area (Å²) >= 11 is 0. The fraction of sp³-hybridized carbons (Fsp3) is 0.364. The number of rotatable bonds is 8. The van der Waals surface area contributed by atoms with Crippen LogP contribution in [0.4, 0.5) is 20.5 Å². The predicted octanol–water partition coefficient (Wildman–Crippen LogP) is 3.49. The number of benzene rings is 2. The predicted molar refractivity (Wildman–Crippen MR) is 112 cm³/mol. The van der Waals surface area contributed by atoms with Gasteiger partial charge in [0.05, 0.1) is 0 Å². The molecule has 0 saturated carbocycles. The third-order valence-corrected chi connectivity index (χ3v) is 5.45. The number of carbonyl (C=O) groups excluding carboxylic acids is 1. The molecule has 0 bridgehead atoms. The van der Waals surface area contributed by atoms with Crippen molar-refractivity contribution in [2.45, 2.75) is 32.0 Å². The van der Waals surface area contributed by atoms with Crippen LogP contribution in [0.3, 0.4) is 0 Å². The first-order valence-corrected chi connectivity index (χ1v) is 10.1. The number of hydrogen-bond acceptors (Lipinski definition) is 7. The minimum atomic E-state index is -0.688. The topological polar surface area (TPSA) is 93.6 Å². The maximum absolute atomic E-state index is 15.1. The summed E-state index contributed by atoms with van der Waals surface area (Å²) in [5.74, 6) is -1.32. The first kappa shape index (κ1) is 21.4. The summed E-state index contributed by atoms with van der Waals surface area (Å²) in [7, 11) is 1.48. The molecule has 1 saturated heterocycles. The van der Waals surface area contributed by atoms with E-state index in [9.17, 15) is 9.18 Å². The quantitative estimate of drug-likeness (QED) is 0.565. The van der Waals surface area contributed by atoms with E-state index < -0.39 is 17.9 Å². The number of fused-ring (bicyclic) bond motifs is 1. The van der Waals surface area contributed by atoms with Gasteiger partial charge in [-0.25, -0.2) is 8.78 Å². The minimum Gasteiger partial charge on any atom is -0.420 e. The third-order valence-electron chi connectivity index (χ3n) is 5.45. The number of anilines is 2. The Kier molecular flexibility index (Phi) is 6.26. The molecule has 3 N–H and O–H groups in total. The van der Waals surface area contributed by atoms with E-state index in [-0.39, 0.29) is 41.4 Å². The second-order valence-corrected chi connectivity index (χ2v) is 7.51. The Hall–Kier alpha value is -2.88. The van der Waals surface area contributed by atoms with E-state index in [4.69, 9.17) is 14.9 Å². The van der Waals surface area contributed by atoms with Crippen LogP contribution in [0.25, 0.3) is 11.1 Å². The lowest BCUT2D eigenvalue weighted by molar-refractivity contribution is -0.138. The number of ether oxygens (including phenoxy) is 1. The number of aromatic nitrogens is 1. The Bertz CT molecular complexity index is 1100. The molecule has 0 amide bonds. The summed E-state index contributed by atoms with van der Waals surface area (Å²) in [6, 6.07) is 7.23. The smallest absolute Gasteiger partial charge is 0.300 e. The summed E-state index contributed by atoms with van der Waals surface area (Å²) in [5.41, 5.74) is 7.14. The minimum absolute atomic E-state index is 0.00418. The van der Waals surface area contributed by atoms with Gasteiger partial charge in [0.2, 0.25) is 0 Å². The molecule has 0 radical (unpaired) electrons. The number of oxazole rings is 1. The van der Waals surface area contributed by atoms with Crippen molar-refractivity contribution >= 4 is 28.6 Å². The number of nitrogens with two attached hydrogens (primary N) is 1. The van der Waals surface area contributed by atoms with Crippen LogP contribution in [-0.4, -0.2) is 42.1 Å². The van der Waals surface area contributed by atoms with Gasteiger partial charge in [0, 0.05) is 38.9 Å². The maximum Gasteiger partial charge on any atom is 0.300 e. The van der Waals surface area contributed by atoms with Crippen molar-refractivity contribution in [1.29, 1.82) is 0 Å². The Morgan fingerprint density at radius 2 is 2.00 bits per heavy atom. The molecule has 9 heteroatoms. The van der Waals surface area contributed by atoms with E-state index >= 15 is 4.39 Å². The maximum atomic E-state index is 15.1. The van der Waals surface area contributed by atoms with E-state index in [1.807, 2.05) is 4.90 Å². The molecule has 31 heavy (non-hydrogen) atoms. The fourth-order valence-electron chi connectivity index (χ4n) is 3.88. The summed E-state index contributed by atoms with van der Waals surface area (Å²) in [6.07, 6.45) is 1.21. The Morgan fingerprint density at radius 1 is 1.26 bits per heavy atom. The zero-order chi connectivity index (χ0) is 22.0. The van der Waals surface area contributed by atoms with E-state index in [1.54, 1.807) is 12.1 Å². The number of likely N-dealkylation sites (tertiary alicyclic amines) is 1. The molecular weight excluding hydrogens is 406 g/mol. The van der Waals surface area contributed by atoms with Crippen molar-refractivity contribution in [3.63, 3.8) is 0 Å². The zero-order valence-corrected chi connectivity index (χ0v) is 17.2. The van der Waals surface area contributed by atoms with Crippen LogP contribution in [-0.2, 0) is 22.5 Å². The highest BCUT2D eigenvalue weighted by Crippen LogP contribution is 2.28. The van der Waals surface area contributed by atoms with Gasteiger partial charge in [-0.3, -0.25) is 9.69 Å². The molecule has 1 aromatic heterocycles. The highest BCUT2D eigenvalue weighted by Gasteiger charge is 2.29. The van der Waals surface area contributed by atoms with Gasteiger partial charge in [0.15, 0.2) is 23.4 Å². The van der Waals surface area contributed by atoms with Crippen molar-refractivity contribution in [3.8, 4) is 0 Å². The van der Waals surface area contributed by atoms with E-state index in [0.717, 1.165) is 25.9 Å². The van der Waals surface area contributed by atoms with Crippen molar-refractivity contribution in [1.82, 2.24) is 9.88 Å². The molecule has 164 valence electrons. The molecule has 1 aliphatic rings. The van der Waals surface area contributed by atoms with Crippen LogP contribution in [0.5, 0.6) is 0 Å². The second kappa shape index (κ2) is 9.09. The van der Waals surface area contributed by atoms with Gasteiger partial charge in [-0.05, 0) is 42.2 Å². The average Bonchev–Trinajstić information content (AvgIpc) is 3.41. The molecule has 2 heterocycles. The first-order valence-electron chi connectivity index (χ1n) is 10.1. The highest BCUT2D eigenvalue weighted by molar-refractivity contribution is 5.86. The number of nitrogens with zero attached hydrogens (tertiary/aromatic N) is 2. The van der Waals surface area contributed by atoms with Crippen LogP contribution in [0.2, 0.25) is 0 Å². The molecule has 7 nitrogen and oxygen atoms in total. The highest BCUT2D eigenvalue weighted by atomic mass is 19.1. The lowest BCUT2D eigenvalue weighted by atomic mass is 10.1. The molecule has 1 atom stereocenters. The van der Waals surface area contributed by atoms with Crippen LogP contribution < -0.4 is 11.1 Å². The molecule has 0 aliphatic carbocycles. The fourth-order valence-corrected chi connectivity index (χ4v) is 3.88. The average molecular weight is 430 g/mol. The first-order chi connectivity index (χ1) is 15.0. The largest absolute Gasteiger partial charge is 0.420 e. The third kappa shape index (κ3) is 4.43. The van der Waals surface area contributed by atoms with Gasteiger partial charge in [0.25, 0.3) is 6.01 Å². The van der Waals surface area contributed by atoms with Crippen LogP contribution in [0, 0.1) is 11.6 Å². The summed E-state index contributed by atoms with van der Waals surface area (Å²) in [4.78, 5) is 18.9. The van der Waals surface area contributed by atoms with Gasteiger partial charge in [0.1, 0.15) is 11.3 Å². The molecule has 1 aliphatic heterocycles. The standard InChI is InChI=1S/C22H24F2N4O3/c1-30-21(28-8-2-3-9-28)18(29)10-13-5-7-16-20(19(13)24)31-22(26-16)27-17-11-15(23)6-4-14(17)12-25/h4-7,11,21H,2-3,8-10,12,25H2,1H3,(H,26,27)/t21-/m1/s1. The molecule has 4 rings (SSSR count). The number of halogens is 2. The van der Waals surface area contributed by atoms with Crippen molar-refractivity contribution in [2.75, 3.05) is 25.5 Å². The molecule has 1 fully saturated rings. The summed E-state index contributed by atoms with van der Waals surface area (Å²) < 4.78 is 39.6. The number of ketones is 1. The van der Waals surface area contributed by atoms with E-state index in [1.165, 1.54) is 25.3 Å². The number of Topliss-reactive ketones (excluding diaryl/α,β-unsaturated/α-hetero) is 1. The van der Waals surface area contributed by atoms with Gasteiger partial charge in [-0.2, -0.15) is 4.98 Å². The van der Waals surface area contributed by atoms with Crippen LogP contribution >= 0.6 is 0 Å². The van der Waals surface area contributed by atoms with Crippen molar-refractivity contribution in [2.24, 2.45) is 5.73 Å². The van der Waals surface area contributed by atoms with Gasteiger partial charge >= 0.3 is 0 Å². The van der Waals surface area contributed by atoms with E-state index in [2.05, 4.69) is 10.3 Å². The number of carbonyl (C=O) groups is 1. The Balaban J connectivity index is 1.57. The lowest BCUT2D eigenvalue weighted by Gasteiger charge is -2.24. The zero-order valence-electron chi connectivity index (χ0n) is 17.2. The Labute approximate surface area is 178 Å². The second-order valence-electron chi connectivity index (χ2n) is 7.51.